The first-order valence-electron chi connectivity index (χ1n) is 10.9. The summed E-state index contributed by atoms with van der Waals surface area (Å²) in [5, 5.41) is 4.45. The van der Waals surface area contributed by atoms with Crippen molar-refractivity contribution in [1.82, 2.24) is 24.1 Å². The molecular weight excluding hydrogens is 382 g/mol. The first-order valence-corrected chi connectivity index (χ1v) is 10.9. The van der Waals surface area contributed by atoms with Crippen LogP contribution in [0.4, 0.5) is 0 Å². The number of rotatable bonds is 5. The number of nitrogens with zero attached hydrogens (tertiary/aromatic N) is 5. The number of aryl methyl sites for hydroxylation is 1. The van der Waals surface area contributed by atoms with Gasteiger partial charge < -0.3 is 9.64 Å². The van der Waals surface area contributed by atoms with Crippen LogP contribution in [0.5, 0.6) is 5.75 Å². The van der Waals surface area contributed by atoms with Crippen LogP contribution in [0.1, 0.15) is 37.1 Å². The highest BCUT2D eigenvalue weighted by molar-refractivity contribution is 5.75. The zero-order valence-electron chi connectivity index (χ0n) is 17.8. The van der Waals surface area contributed by atoms with Gasteiger partial charge in [-0.25, -0.2) is 9.48 Å². The van der Waals surface area contributed by atoms with E-state index in [1.165, 1.54) is 10.2 Å². The summed E-state index contributed by atoms with van der Waals surface area (Å²) in [4.78, 5) is 29.8. The molecule has 1 aromatic heterocycles. The molecule has 1 amide bonds. The molecule has 0 atom stereocenters. The summed E-state index contributed by atoms with van der Waals surface area (Å²) in [6.45, 7) is 4.79. The van der Waals surface area contributed by atoms with Crippen LogP contribution in [0.25, 0.3) is 0 Å². The molecule has 1 fully saturated rings. The number of hydrogen-bond donors (Lipinski definition) is 0. The number of methoxy groups -OCH3 is 1. The second-order valence-corrected chi connectivity index (χ2v) is 8.18. The van der Waals surface area contributed by atoms with Crippen molar-refractivity contribution in [3.8, 4) is 5.75 Å². The van der Waals surface area contributed by atoms with Crippen molar-refractivity contribution in [2.75, 3.05) is 33.3 Å². The molecular formula is C22H31N5O3. The maximum absolute atomic E-state index is 12.9. The highest BCUT2D eigenvalue weighted by Crippen LogP contribution is 2.15. The molecule has 0 aliphatic carbocycles. The maximum atomic E-state index is 12.9. The molecule has 30 heavy (non-hydrogen) atoms. The Balaban J connectivity index is 1.34. The average molecular weight is 414 g/mol. The van der Waals surface area contributed by atoms with Gasteiger partial charge in [-0.15, -0.1) is 0 Å². The van der Waals surface area contributed by atoms with Crippen molar-refractivity contribution in [2.45, 2.75) is 51.7 Å². The van der Waals surface area contributed by atoms with E-state index < -0.39 is 0 Å². The van der Waals surface area contributed by atoms with Crippen LogP contribution >= 0.6 is 0 Å². The van der Waals surface area contributed by atoms with E-state index in [9.17, 15) is 9.59 Å². The number of ether oxygens (including phenoxy) is 1. The third-order valence-electron chi connectivity index (χ3n) is 6.07. The van der Waals surface area contributed by atoms with Gasteiger partial charge in [0.2, 0.25) is 5.91 Å². The van der Waals surface area contributed by atoms with Crippen LogP contribution in [-0.4, -0.2) is 63.3 Å². The largest absolute Gasteiger partial charge is 0.497 e. The Labute approximate surface area is 177 Å². The third kappa shape index (κ3) is 4.75. The molecule has 1 aromatic carbocycles. The van der Waals surface area contributed by atoms with Crippen LogP contribution in [0.3, 0.4) is 0 Å². The fraction of sp³-hybridized carbons (Fsp3) is 0.591. The molecule has 0 radical (unpaired) electrons. The molecule has 2 aromatic rings. The Morgan fingerprint density at radius 2 is 1.83 bits per heavy atom. The topological polar surface area (TPSA) is 72.6 Å². The van der Waals surface area contributed by atoms with E-state index in [1.54, 1.807) is 11.7 Å². The number of carbonyl (C=O) groups is 1. The zero-order valence-corrected chi connectivity index (χ0v) is 17.8. The summed E-state index contributed by atoms with van der Waals surface area (Å²) < 4.78 is 8.33. The second kappa shape index (κ2) is 9.47. The number of fused-ring (bicyclic) bond motifs is 1. The molecule has 8 heteroatoms. The molecule has 0 unspecified atom stereocenters. The predicted octanol–water partition coefficient (Wildman–Crippen LogP) is 1.51. The van der Waals surface area contributed by atoms with Gasteiger partial charge in [-0.3, -0.25) is 14.3 Å². The molecule has 3 heterocycles. The van der Waals surface area contributed by atoms with Crippen molar-refractivity contribution in [3.63, 3.8) is 0 Å². The van der Waals surface area contributed by atoms with Crippen molar-refractivity contribution >= 4 is 5.91 Å². The molecule has 162 valence electrons. The van der Waals surface area contributed by atoms with Gasteiger partial charge in [0, 0.05) is 45.7 Å². The second-order valence-electron chi connectivity index (χ2n) is 8.18. The quantitative estimate of drug-likeness (QED) is 0.743. The normalized spacial score (nSPS) is 17.8. The molecule has 0 N–H and O–H groups in total. The molecule has 1 saturated heterocycles. The van der Waals surface area contributed by atoms with E-state index in [2.05, 4.69) is 22.1 Å². The number of carbonyl (C=O) groups excluding carboxylic acids is 1. The van der Waals surface area contributed by atoms with E-state index in [-0.39, 0.29) is 18.1 Å². The number of benzene rings is 1. The smallest absolute Gasteiger partial charge is 0.346 e. The molecule has 2 aliphatic rings. The monoisotopic (exact) mass is 413 g/mol. The van der Waals surface area contributed by atoms with E-state index in [0.717, 1.165) is 69.9 Å². The van der Waals surface area contributed by atoms with Crippen molar-refractivity contribution in [2.24, 2.45) is 0 Å². The molecule has 8 nitrogen and oxygen atoms in total. The first kappa shape index (κ1) is 20.7. The standard InChI is InChI=1S/C22H31N5O3/c1-30-19-9-7-18(8-10-19)16-24-11-5-12-25(15-14-24)21(28)17-27-22(29)26-13-4-2-3-6-20(26)23-27/h7-10H,2-6,11-17H2,1H3. The molecule has 0 spiro atoms. The summed E-state index contributed by atoms with van der Waals surface area (Å²) in [5.41, 5.74) is 1.10. The van der Waals surface area contributed by atoms with Gasteiger partial charge in [0.25, 0.3) is 0 Å². The lowest BCUT2D eigenvalue weighted by molar-refractivity contribution is -0.132. The van der Waals surface area contributed by atoms with E-state index in [4.69, 9.17) is 4.74 Å². The lowest BCUT2D eigenvalue weighted by Crippen LogP contribution is -2.39. The molecule has 0 bridgehead atoms. The SMILES string of the molecule is COc1ccc(CN2CCCN(C(=O)Cn3nc4n(c3=O)CCCCC4)CC2)cc1. The zero-order chi connectivity index (χ0) is 20.9. The number of hydrogen-bond acceptors (Lipinski definition) is 5. The fourth-order valence-corrected chi connectivity index (χ4v) is 4.32. The minimum Gasteiger partial charge on any atom is -0.497 e. The minimum atomic E-state index is -0.142. The van der Waals surface area contributed by atoms with Crippen LogP contribution in [0.15, 0.2) is 29.1 Å². The number of amides is 1. The lowest BCUT2D eigenvalue weighted by atomic mass is 10.2. The minimum absolute atomic E-state index is 0.0170. The van der Waals surface area contributed by atoms with E-state index in [0.29, 0.717) is 13.1 Å². The highest BCUT2D eigenvalue weighted by atomic mass is 16.5. The third-order valence-corrected chi connectivity index (χ3v) is 6.07. The summed E-state index contributed by atoms with van der Waals surface area (Å²) in [6, 6.07) is 8.13. The van der Waals surface area contributed by atoms with Crippen LogP contribution < -0.4 is 10.4 Å². The van der Waals surface area contributed by atoms with Gasteiger partial charge >= 0.3 is 5.69 Å². The highest BCUT2D eigenvalue weighted by Gasteiger charge is 2.22. The van der Waals surface area contributed by atoms with Gasteiger partial charge in [-0.1, -0.05) is 18.6 Å². The van der Waals surface area contributed by atoms with Crippen molar-refractivity contribution in [3.05, 3.63) is 46.1 Å². The summed E-state index contributed by atoms with van der Waals surface area (Å²) in [5.74, 6) is 1.67. The van der Waals surface area contributed by atoms with Gasteiger partial charge in [-0.05, 0) is 37.0 Å². The van der Waals surface area contributed by atoms with E-state index in [1.807, 2.05) is 17.0 Å². The van der Waals surface area contributed by atoms with Crippen LogP contribution in [0, 0.1) is 0 Å². The first-order chi connectivity index (χ1) is 14.6. The Kier molecular flexibility index (Phi) is 6.52. The molecule has 0 saturated carbocycles. The fourth-order valence-electron chi connectivity index (χ4n) is 4.32. The Morgan fingerprint density at radius 3 is 2.63 bits per heavy atom. The predicted molar refractivity (Wildman–Crippen MR) is 114 cm³/mol. The van der Waals surface area contributed by atoms with Crippen molar-refractivity contribution in [1.29, 1.82) is 0 Å². The van der Waals surface area contributed by atoms with Crippen LogP contribution in [0.2, 0.25) is 0 Å². The van der Waals surface area contributed by atoms with Gasteiger partial charge in [0.15, 0.2) is 0 Å². The Morgan fingerprint density at radius 1 is 1.00 bits per heavy atom. The number of aromatic nitrogens is 3. The summed E-state index contributed by atoms with van der Waals surface area (Å²) in [7, 11) is 1.67. The van der Waals surface area contributed by atoms with E-state index >= 15 is 0 Å². The van der Waals surface area contributed by atoms with Gasteiger partial charge in [0.1, 0.15) is 18.1 Å². The lowest BCUT2D eigenvalue weighted by Gasteiger charge is -2.22. The van der Waals surface area contributed by atoms with Gasteiger partial charge in [0.05, 0.1) is 7.11 Å². The van der Waals surface area contributed by atoms with Crippen LogP contribution in [-0.2, 0) is 30.8 Å². The Hall–Kier alpha value is -2.61. The Bertz CT molecular complexity index is 918. The average Bonchev–Trinajstić information content (AvgIpc) is 2.99. The van der Waals surface area contributed by atoms with Crippen molar-refractivity contribution < 1.29 is 9.53 Å². The molecule has 2 aliphatic heterocycles. The maximum Gasteiger partial charge on any atom is 0.346 e. The van der Waals surface area contributed by atoms with Gasteiger partial charge in [-0.2, -0.15) is 5.10 Å². The summed E-state index contributed by atoms with van der Waals surface area (Å²) in [6.07, 6.45) is 4.93. The molecule has 4 rings (SSSR count). The summed E-state index contributed by atoms with van der Waals surface area (Å²) >= 11 is 0.